The summed E-state index contributed by atoms with van der Waals surface area (Å²) in [7, 11) is 1.68. The lowest BCUT2D eigenvalue weighted by molar-refractivity contribution is 0.175. The molecule has 2 aliphatic rings. The largest absolute Gasteiger partial charge is 0.497 e. The minimum atomic E-state index is 0.111. The number of amides is 2. The van der Waals surface area contributed by atoms with Crippen LogP contribution in [-0.4, -0.2) is 30.6 Å². The quantitative estimate of drug-likeness (QED) is 0.925. The van der Waals surface area contributed by atoms with Crippen LogP contribution < -0.4 is 10.1 Å². The van der Waals surface area contributed by atoms with Crippen molar-refractivity contribution < 1.29 is 9.53 Å². The highest BCUT2D eigenvalue weighted by atomic mass is 16.5. The van der Waals surface area contributed by atoms with E-state index < -0.39 is 0 Å². The van der Waals surface area contributed by atoms with Gasteiger partial charge in [-0.1, -0.05) is 25.0 Å². The number of methoxy groups -OCH3 is 1. The molecule has 4 nitrogen and oxygen atoms in total. The van der Waals surface area contributed by atoms with Crippen molar-refractivity contribution in [1.82, 2.24) is 10.2 Å². The fourth-order valence-corrected chi connectivity index (χ4v) is 3.01. The van der Waals surface area contributed by atoms with Crippen molar-refractivity contribution in [2.75, 3.05) is 13.7 Å². The maximum atomic E-state index is 12.5. The predicted molar refractivity (Wildman–Crippen MR) is 82.5 cm³/mol. The summed E-state index contributed by atoms with van der Waals surface area (Å²) >= 11 is 0. The van der Waals surface area contributed by atoms with Gasteiger partial charge >= 0.3 is 6.03 Å². The summed E-state index contributed by atoms with van der Waals surface area (Å²) in [6, 6.07) is 8.86. The molecule has 0 aromatic heterocycles. The fraction of sp³-hybridized carbons (Fsp3) is 0.588. The molecule has 21 heavy (non-hydrogen) atoms. The molecule has 4 heteroatoms. The van der Waals surface area contributed by atoms with E-state index in [1.54, 1.807) is 7.11 Å². The molecule has 1 N–H and O–H groups in total. The van der Waals surface area contributed by atoms with Gasteiger partial charge in [-0.3, -0.25) is 0 Å². The zero-order valence-electron chi connectivity index (χ0n) is 12.7. The molecule has 114 valence electrons. The first-order chi connectivity index (χ1) is 10.3. The molecule has 0 spiro atoms. The van der Waals surface area contributed by atoms with E-state index in [1.165, 1.54) is 18.4 Å². The fourth-order valence-electron chi connectivity index (χ4n) is 3.01. The Morgan fingerprint density at radius 2 is 1.90 bits per heavy atom. The molecule has 1 atom stereocenters. The standard InChI is InChI=1S/C17H24N2O2/c1-21-15-10-6-13(7-11-15)16-5-3-2-4-12-19(16)17(20)18-14-8-9-14/h6-7,10-11,14,16H,2-5,8-9,12H2,1H3,(H,18,20)/t16-/m1/s1. The van der Waals surface area contributed by atoms with Crippen LogP contribution in [0, 0.1) is 0 Å². The second-order valence-corrected chi connectivity index (χ2v) is 6.06. The van der Waals surface area contributed by atoms with Crippen LogP contribution in [0.25, 0.3) is 0 Å². The van der Waals surface area contributed by atoms with Crippen LogP contribution in [0.3, 0.4) is 0 Å². The van der Waals surface area contributed by atoms with Crippen LogP contribution in [0.4, 0.5) is 4.79 Å². The minimum Gasteiger partial charge on any atom is -0.497 e. The first-order valence-electron chi connectivity index (χ1n) is 7.99. The first-order valence-corrected chi connectivity index (χ1v) is 7.99. The van der Waals surface area contributed by atoms with Gasteiger partial charge in [0.2, 0.25) is 0 Å². The van der Waals surface area contributed by atoms with E-state index in [-0.39, 0.29) is 12.1 Å². The zero-order chi connectivity index (χ0) is 14.7. The van der Waals surface area contributed by atoms with Crippen molar-refractivity contribution in [2.45, 2.75) is 50.6 Å². The number of nitrogens with one attached hydrogen (secondary N) is 1. The number of carbonyl (C=O) groups is 1. The van der Waals surface area contributed by atoms with Crippen molar-refractivity contribution >= 4 is 6.03 Å². The number of urea groups is 1. The van der Waals surface area contributed by atoms with Crippen LogP contribution in [-0.2, 0) is 0 Å². The van der Waals surface area contributed by atoms with Gasteiger partial charge in [0.05, 0.1) is 13.2 Å². The van der Waals surface area contributed by atoms with Crippen LogP contribution in [0.1, 0.15) is 50.1 Å². The Morgan fingerprint density at radius 3 is 2.57 bits per heavy atom. The Bertz CT molecular complexity index is 482. The molecule has 2 fully saturated rings. The highest BCUT2D eigenvalue weighted by Crippen LogP contribution is 2.31. The summed E-state index contributed by atoms with van der Waals surface area (Å²) in [4.78, 5) is 14.5. The molecule has 1 aromatic carbocycles. The van der Waals surface area contributed by atoms with Gasteiger partial charge in [0.15, 0.2) is 0 Å². The molecule has 1 heterocycles. The van der Waals surface area contributed by atoms with E-state index in [0.29, 0.717) is 6.04 Å². The zero-order valence-corrected chi connectivity index (χ0v) is 12.7. The predicted octanol–water partition coefficient (Wildman–Crippen LogP) is 3.48. The molecule has 1 aromatic rings. The molecule has 2 amide bonds. The number of ether oxygens (including phenoxy) is 1. The Kier molecular flexibility index (Phi) is 4.32. The van der Waals surface area contributed by atoms with Crippen LogP contribution in [0.15, 0.2) is 24.3 Å². The Hall–Kier alpha value is -1.71. The summed E-state index contributed by atoms with van der Waals surface area (Å²) in [6.07, 6.45) is 6.80. The van der Waals surface area contributed by atoms with Crippen molar-refractivity contribution in [1.29, 1.82) is 0 Å². The normalized spacial score (nSPS) is 22.5. The third-order valence-electron chi connectivity index (χ3n) is 4.42. The van der Waals surface area contributed by atoms with E-state index in [0.717, 1.165) is 38.0 Å². The number of nitrogens with zero attached hydrogens (tertiary/aromatic N) is 1. The lowest BCUT2D eigenvalue weighted by Gasteiger charge is -2.30. The summed E-state index contributed by atoms with van der Waals surface area (Å²) < 4.78 is 5.22. The summed E-state index contributed by atoms with van der Waals surface area (Å²) in [5.41, 5.74) is 1.21. The molecule has 0 radical (unpaired) electrons. The van der Waals surface area contributed by atoms with Gasteiger partial charge in [0.1, 0.15) is 5.75 Å². The highest BCUT2D eigenvalue weighted by molar-refractivity contribution is 5.75. The van der Waals surface area contributed by atoms with E-state index in [1.807, 2.05) is 17.0 Å². The second kappa shape index (κ2) is 6.37. The van der Waals surface area contributed by atoms with Gasteiger partial charge in [-0.25, -0.2) is 4.79 Å². The lowest BCUT2D eigenvalue weighted by atomic mass is 10.0. The minimum absolute atomic E-state index is 0.111. The molecule has 0 unspecified atom stereocenters. The SMILES string of the molecule is COc1ccc([C@H]2CCCCCN2C(=O)NC2CC2)cc1. The summed E-state index contributed by atoms with van der Waals surface area (Å²) in [5.74, 6) is 0.862. The van der Waals surface area contributed by atoms with Crippen LogP contribution in [0.2, 0.25) is 0 Å². The van der Waals surface area contributed by atoms with Crippen molar-refractivity contribution in [3.8, 4) is 5.75 Å². The maximum Gasteiger partial charge on any atom is 0.318 e. The Morgan fingerprint density at radius 1 is 1.14 bits per heavy atom. The Balaban J connectivity index is 1.77. The number of likely N-dealkylation sites (tertiary alicyclic amines) is 1. The smallest absolute Gasteiger partial charge is 0.318 e. The van der Waals surface area contributed by atoms with Gasteiger partial charge in [-0.15, -0.1) is 0 Å². The van der Waals surface area contributed by atoms with Crippen molar-refractivity contribution in [3.63, 3.8) is 0 Å². The van der Waals surface area contributed by atoms with Crippen LogP contribution >= 0.6 is 0 Å². The van der Waals surface area contributed by atoms with Gasteiger partial charge in [0, 0.05) is 12.6 Å². The average Bonchev–Trinajstić information content (AvgIpc) is 3.33. The number of hydrogen-bond acceptors (Lipinski definition) is 2. The maximum absolute atomic E-state index is 12.5. The second-order valence-electron chi connectivity index (χ2n) is 6.06. The lowest BCUT2D eigenvalue weighted by Crippen LogP contribution is -2.43. The molecule has 1 saturated heterocycles. The van der Waals surface area contributed by atoms with Gasteiger partial charge in [-0.05, 0) is 43.4 Å². The number of benzene rings is 1. The average molecular weight is 288 g/mol. The number of hydrogen-bond donors (Lipinski definition) is 1. The highest BCUT2D eigenvalue weighted by Gasteiger charge is 2.30. The third kappa shape index (κ3) is 3.49. The molecular formula is C17H24N2O2. The van der Waals surface area contributed by atoms with Gasteiger partial charge < -0.3 is 15.0 Å². The third-order valence-corrected chi connectivity index (χ3v) is 4.42. The summed E-state index contributed by atoms with van der Waals surface area (Å²) in [5, 5.41) is 3.14. The van der Waals surface area contributed by atoms with Crippen LogP contribution in [0.5, 0.6) is 5.75 Å². The Labute approximate surface area is 126 Å². The van der Waals surface area contributed by atoms with E-state index >= 15 is 0 Å². The monoisotopic (exact) mass is 288 g/mol. The van der Waals surface area contributed by atoms with E-state index in [4.69, 9.17) is 4.74 Å². The summed E-state index contributed by atoms with van der Waals surface area (Å²) in [6.45, 7) is 0.856. The van der Waals surface area contributed by atoms with E-state index in [2.05, 4.69) is 17.4 Å². The molecule has 1 aliphatic heterocycles. The van der Waals surface area contributed by atoms with E-state index in [9.17, 15) is 4.79 Å². The number of carbonyl (C=O) groups excluding carboxylic acids is 1. The van der Waals surface area contributed by atoms with Gasteiger partial charge in [0.25, 0.3) is 0 Å². The van der Waals surface area contributed by atoms with Crippen molar-refractivity contribution in [2.24, 2.45) is 0 Å². The van der Waals surface area contributed by atoms with Gasteiger partial charge in [-0.2, -0.15) is 0 Å². The molecule has 1 saturated carbocycles. The molecule has 3 rings (SSSR count). The molecule has 1 aliphatic carbocycles. The van der Waals surface area contributed by atoms with Crippen molar-refractivity contribution in [3.05, 3.63) is 29.8 Å². The molecular weight excluding hydrogens is 264 g/mol. The molecule has 0 bridgehead atoms. The number of rotatable bonds is 3. The topological polar surface area (TPSA) is 41.6 Å². The first kappa shape index (κ1) is 14.2.